The summed E-state index contributed by atoms with van der Waals surface area (Å²) in [4.78, 5) is 18.9. The Morgan fingerprint density at radius 1 is 1.29 bits per heavy atom. The number of aliphatic imine (C=N–C) groups is 1. The Hall–Kier alpha value is -1.46. The number of rotatable bonds is 6. The van der Waals surface area contributed by atoms with Gasteiger partial charge in [0.1, 0.15) is 5.60 Å². The molecule has 0 aromatic rings. The van der Waals surface area contributed by atoms with Gasteiger partial charge in [0.2, 0.25) is 0 Å². The number of ether oxygens (including phenoxy) is 1. The Bertz CT molecular complexity index is 414. The maximum Gasteiger partial charge on any atom is 0.407 e. The van der Waals surface area contributed by atoms with Crippen LogP contribution in [-0.2, 0) is 4.74 Å². The zero-order chi connectivity index (χ0) is 18.2. The SMILES string of the molecule is CCNC(=NCC(CC)CC)N1CCC(NC(=O)OC(C)(C)C)C1. The first-order valence-corrected chi connectivity index (χ1v) is 9.31. The standard InChI is InChI=1S/C18H36N4O2/c1-7-14(8-2)12-20-16(19-9-3)22-11-10-15(13-22)21-17(23)24-18(4,5)6/h14-15H,7-13H2,1-6H3,(H,19,20)(H,21,23). The third-order valence-corrected chi connectivity index (χ3v) is 4.20. The Labute approximate surface area is 147 Å². The highest BCUT2D eigenvalue weighted by Gasteiger charge is 2.27. The van der Waals surface area contributed by atoms with Gasteiger partial charge < -0.3 is 20.3 Å². The van der Waals surface area contributed by atoms with Gasteiger partial charge in [0, 0.05) is 26.2 Å². The lowest BCUT2D eigenvalue weighted by atomic mass is 10.0. The van der Waals surface area contributed by atoms with Crippen molar-refractivity contribution in [3.05, 3.63) is 0 Å². The van der Waals surface area contributed by atoms with Crippen molar-refractivity contribution in [3.63, 3.8) is 0 Å². The molecule has 1 amide bonds. The molecule has 1 aliphatic rings. The maximum absolute atomic E-state index is 11.9. The molecule has 0 radical (unpaired) electrons. The van der Waals surface area contributed by atoms with Crippen molar-refractivity contribution in [2.24, 2.45) is 10.9 Å². The van der Waals surface area contributed by atoms with E-state index in [1.54, 1.807) is 0 Å². The summed E-state index contributed by atoms with van der Waals surface area (Å²) in [6.45, 7) is 15.5. The fourth-order valence-electron chi connectivity index (χ4n) is 2.73. The molecule has 0 saturated carbocycles. The predicted octanol–water partition coefficient (Wildman–Crippen LogP) is 2.99. The predicted molar refractivity (Wildman–Crippen MR) is 99.4 cm³/mol. The molecule has 1 unspecified atom stereocenters. The van der Waals surface area contributed by atoms with E-state index in [9.17, 15) is 4.79 Å². The molecule has 0 aromatic heterocycles. The number of hydrogen-bond donors (Lipinski definition) is 2. The van der Waals surface area contributed by atoms with Gasteiger partial charge in [-0.2, -0.15) is 0 Å². The van der Waals surface area contributed by atoms with Crippen LogP contribution in [-0.4, -0.2) is 54.8 Å². The first-order chi connectivity index (χ1) is 11.3. The van der Waals surface area contributed by atoms with Crippen LogP contribution < -0.4 is 10.6 Å². The van der Waals surface area contributed by atoms with Crippen molar-refractivity contribution in [1.29, 1.82) is 0 Å². The van der Waals surface area contributed by atoms with Crippen LogP contribution in [0, 0.1) is 5.92 Å². The summed E-state index contributed by atoms with van der Waals surface area (Å²) < 4.78 is 5.34. The molecule has 1 aliphatic heterocycles. The van der Waals surface area contributed by atoms with Crippen LogP contribution in [0.5, 0.6) is 0 Å². The molecule has 1 heterocycles. The van der Waals surface area contributed by atoms with Crippen LogP contribution in [0.3, 0.4) is 0 Å². The quantitative estimate of drug-likeness (QED) is 0.576. The highest BCUT2D eigenvalue weighted by Crippen LogP contribution is 2.13. The van der Waals surface area contributed by atoms with Crippen LogP contribution in [0.25, 0.3) is 0 Å². The third kappa shape index (κ3) is 7.41. The Balaban J connectivity index is 2.56. The average Bonchev–Trinajstić information content (AvgIpc) is 2.93. The summed E-state index contributed by atoms with van der Waals surface area (Å²) in [7, 11) is 0. The van der Waals surface area contributed by atoms with E-state index in [4.69, 9.17) is 9.73 Å². The molecule has 0 bridgehead atoms. The van der Waals surface area contributed by atoms with Crippen LogP contribution in [0.4, 0.5) is 4.79 Å². The van der Waals surface area contributed by atoms with Crippen LogP contribution in [0.15, 0.2) is 4.99 Å². The van der Waals surface area contributed by atoms with Crippen LogP contribution in [0.1, 0.15) is 60.8 Å². The van der Waals surface area contributed by atoms with Gasteiger partial charge in [-0.3, -0.25) is 4.99 Å². The molecule has 6 nitrogen and oxygen atoms in total. The van der Waals surface area contributed by atoms with E-state index in [0.717, 1.165) is 51.4 Å². The van der Waals surface area contributed by atoms with E-state index in [2.05, 4.69) is 36.3 Å². The van der Waals surface area contributed by atoms with Gasteiger partial charge in [0.15, 0.2) is 5.96 Å². The van der Waals surface area contributed by atoms with Gasteiger partial charge in [0.25, 0.3) is 0 Å². The summed E-state index contributed by atoms with van der Waals surface area (Å²) in [6.07, 6.45) is 2.88. The highest BCUT2D eigenvalue weighted by molar-refractivity contribution is 5.80. The molecule has 0 aromatic carbocycles. The molecule has 1 rings (SSSR count). The zero-order valence-corrected chi connectivity index (χ0v) is 16.3. The molecule has 1 fully saturated rings. The lowest BCUT2D eigenvalue weighted by Crippen LogP contribution is -2.44. The Morgan fingerprint density at radius 2 is 1.96 bits per heavy atom. The molecule has 1 saturated heterocycles. The van der Waals surface area contributed by atoms with Crippen LogP contribution >= 0.6 is 0 Å². The molecule has 2 N–H and O–H groups in total. The van der Waals surface area contributed by atoms with Crippen molar-refractivity contribution in [2.75, 3.05) is 26.2 Å². The molecular weight excluding hydrogens is 304 g/mol. The highest BCUT2D eigenvalue weighted by atomic mass is 16.6. The zero-order valence-electron chi connectivity index (χ0n) is 16.3. The van der Waals surface area contributed by atoms with Crippen molar-refractivity contribution in [3.8, 4) is 0 Å². The number of guanidine groups is 1. The second kappa shape index (κ2) is 9.74. The second-order valence-corrected chi connectivity index (χ2v) is 7.45. The van der Waals surface area contributed by atoms with E-state index in [-0.39, 0.29) is 12.1 Å². The molecule has 6 heteroatoms. The first kappa shape index (κ1) is 20.6. The largest absolute Gasteiger partial charge is 0.444 e. The van der Waals surface area contributed by atoms with Gasteiger partial charge in [-0.05, 0) is 40.0 Å². The van der Waals surface area contributed by atoms with Crippen molar-refractivity contribution in [1.82, 2.24) is 15.5 Å². The van der Waals surface area contributed by atoms with Crippen molar-refractivity contribution >= 4 is 12.1 Å². The third-order valence-electron chi connectivity index (χ3n) is 4.20. The van der Waals surface area contributed by atoms with E-state index < -0.39 is 5.60 Å². The van der Waals surface area contributed by atoms with Gasteiger partial charge in [-0.1, -0.05) is 26.7 Å². The maximum atomic E-state index is 11.9. The van der Waals surface area contributed by atoms with E-state index in [1.807, 2.05) is 20.8 Å². The first-order valence-electron chi connectivity index (χ1n) is 9.31. The number of alkyl carbamates (subject to hydrolysis) is 1. The van der Waals surface area contributed by atoms with Crippen LogP contribution in [0.2, 0.25) is 0 Å². The van der Waals surface area contributed by atoms with E-state index in [0.29, 0.717) is 5.92 Å². The fourth-order valence-corrected chi connectivity index (χ4v) is 2.73. The summed E-state index contributed by atoms with van der Waals surface area (Å²) >= 11 is 0. The molecule has 0 spiro atoms. The second-order valence-electron chi connectivity index (χ2n) is 7.45. The average molecular weight is 341 g/mol. The van der Waals surface area contributed by atoms with E-state index in [1.165, 1.54) is 0 Å². The molecule has 140 valence electrons. The monoisotopic (exact) mass is 340 g/mol. The minimum atomic E-state index is -0.464. The molecule has 1 atom stereocenters. The summed E-state index contributed by atoms with van der Waals surface area (Å²) in [5.41, 5.74) is -0.464. The fraction of sp³-hybridized carbons (Fsp3) is 0.889. The van der Waals surface area contributed by atoms with E-state index >= 15 is 0 Å². The summed E-state index contributed by atoms with van der Waals surface area (Å²) in [5, 5.41) is 6.34. The molecular formula is C18H36N4O2. The number of hydrogen-bond acceptors (Lipinski definition) is 3. The minimum Gasteiger partial charge on any atom is -0.444 e. The van der Waals surface area contributed by atoms with Gasteiger partial charge in [0.05, 0.1) is 6.04 Å². The smallest absolute Gasteiger partial charge is 0.407 e. The molecule has 24 heavy (non-hydrogen) atoms. The molecule has 0 aliphatic carbocycles. The van der Waals surface area contributed by atoms with Gasteiger partial charge >= 0.3 is 6.09 Å². The Morgan fingerprint density at radius 3 is 2.50 bits per heavy atom. The lowest BCUT2D eigenvalue weighted by Gasteiger charge is -2.24. The number of carbonyl (C=O) groups is 1. The Kier molecular flexibility index (Phi) is 8.36. The number of amides is 1. The topological polar surface area (TPSA) is 66.0 Å². The van der Waals surface area contributed by atoms with Gasteiger partial charge in [-0.25, -0.2) is 4.79 Å². The number of likely N-dealkylation sites (tertiary alicyclic amines) is 1. The number of carbonyl (C=O) groups excluding carboxylic acids is 1. The van der Waals surface area contributed by atoms with Crippen molar-refractivity contribution < 1.29 is 9.53 Å². The number of nitrogens with zero attached hydrogens (tertiary/aromatic N) is 2. The lowest BCUT2D eigenvalue weighted by molar-refractivity contribution is 0.0507. The summed E-state index contributed by atoms with van der Waals surface area (Å²) in [6, 6.07) is 0.108. The minimum absolute atomic E-state index is 0.108. The normalized spacial score (nSPS) is 18.9. The summed E-state index contributed by atoms with van der Waals surface area (Å²) in [5.74, 6) is 1.59. The van der Waals surface area contributed by atoms with Gasteiger partial charge in [-0.15, -0.1) is 0 Å². The van der Waals surface area contributed by atoms with Crippen molar-refractivity contribution in [2.45, 2.75) is 72.4 Å². The number of nitrogens with one attached hydrogen (secondary N) is 2.